The molecule has 0 spiro atoms. The molecule has 91 heavy (non-hydrogen) atoms. The van der Waals surface area contributed by atoms with E-state index < -0.39 is 91.5 Å². The Hall–Kier alpha value is -3.01. The van der Waals surface area contributed by atoms with Crippen LogP contribution in [0.25, 0.3) is 0 Å². The highest BCUT2D eigenvalue weighted by Crippen LogP contribution is 2.45. The Labute approximate surface area is 553 Å². The van der Waals surface area contributed by atoms with Crippen molar-refractivity contribution in [1.29, 1.82) is 0 Å². The van der Waals surface area contributed by atoms with Crippen molar-refractivity contribution in [3.05, 3.63) is 72.9 Å². The van der Waals surface area contributed by atoms with Crippen LogP contribution in [0.5, 0.6) is 0 Å². The average Bonchev–Trinajstić information content (AvgIpc) is 3.10. The topological polar surface area (TPSA) is 231 Å². The number of allylic oxidation sites excluding steroid dienone is 12. The smallest absolute Gasteiger partial charge is 0.463 e. The Kier molecular flexibility index (Phi) is 64.8. The van der Waals surface area contributed by atoms with Crippen LogP contribution in [0.3, 0.4) is 0 Å². The Morgan fingerprint density at radius 3 is 0.934 bits per heavy atom. The van der Waals surface area contributed by atoms with Crippen LogP contribution in [0, 0.1) is 0 Å². The zero-order chi connectivity index (χ0) is 66.7. The SMILES string of the molecule is CCC/C=C\C/C=C\CCCCCCCC(=O)OC(COC(=O)CCCCCCCCCCCCCCCCC)COP(=O)(O)OCC(O)COP(=O)(O)OCC(O)COC(=O)CCCCCCCCCCCCC/C=C\C/C=C\C/C=C\C/C=C\CCCCC. The van der Waals surface area contributed by atoms with Gasteiger partial charge in [0.25, 0.3) is 0 Å². The van der Waals surface area contributed by atoms with Gasteiger partial charge in [0.05, 0.1) is 26.4 Å². The van der Waals surface area contributed by atoms with Gasteiger partial charge in [0.15, 0.2) is 6.10 Å². The second-order valence-electron chi connectivity index (χ2n) is 24.4. The number of hydrogen-bond donors (Lipinski definition) is 4. The van der Waals surface area contributed by atoms with Crippen LogP contribution in [-0.2, 0) is 55.8 Å². The molecule has 0 bridgehead atoms. The summed E-state index contributed by atoms with van der Waals surface area (Å²) in [6.07, 6.45) is 71.0. The minimum atomic E-state index is -4.92. The molecule has 4 N–H and O–H groups in total. The number of hydrogen-bond acceptors (Lipinski definition) is 14. The van der Waals surface area contributed by atoms with Crippen molar-refractivity contribution in [2.24, 2.45) is 0 Å². The number of carbonyl (C=O) groups is 3. The predicted molar refractivity (Wildman–Crippen MR) is 372 cm³/mol. The average molecular weight is 1330 g/mol. The number of phosphoric acid groups is 2. The summed E-state index contributed by atoms with van der Waals surface area (Å²) in [5.41, 5.74) is 0. The van der Waals surface area contributed by atoms with Crippen LogP contribution in [-0.4, -0.2) is 95.9 Å². The molecule has 0 fully saturated rings. The second kappa shape index (κ2) is 67.0. The summed E-state index contributed by atoms with van der Waals surface area (Å²) in [4.78, 5) is 58.4. The lowest BCUT2D eigenvalue weighted by Crippen LogP contribution is -2.30. The van der Waals surface area contributed by atoms with Crippen molar-refractivity contribution in [3.63, 3.8) is 0 Å². The van der Waals surface area contributed by atoms with E-state index in [1.165, 1.54) is 141 Å². The van der Waals surface area contributed by atoms with Gasteiger partial charge in [-0.2, -0.15) is 0 Å². The molecule has 16 nitrogen and oxygen atoms in total. The molecule has 0 aliphatic carbocycles. The Morgan fingerprint density at radius 1 is 0.308 bits per heavy atom. The monoisotopic (exact) mass is 1330 g/mol. The van der Waals surface area contributed by atoms with Gasteiger partial charge in [-0.05, 0) is 89.9 Å². The maximum Gasteiger partial charge on any atom is 0.472 e. The lowest BCUT2D eigenvalue weighted by atomic mass is 10.0. The molecule has 5 unspecified atom stereocenters. The first-order valence-corrected chi connectivity index (χ1v) is 39.2. The summed E-state index contributed by atoms with van der Waals surface area (Å²) < 4.78 is 60.9. The molecule has 0 saturated carbocycles. The Morgan fingerprint density at radius 2 is 0.571 bits per heavy atom. The lowest BCUT2D eigenvalue weighted by molar-refractivity contribution is -0.161. The van der Waals surface area contributed by atoms with E-state index in [0.717, 1.165) is 116 Å². The summed E-state index contributed by atoms with van der Waals surface area (Å²) in [7, 11) is -9.77. The molecule has 0 aliphatic rings. The summed E-state index contributed by atoms with van der Waals surface area (Å²) in [6, 6.07) is 0. The van der Waals surface area contributed by atoms with Crippen LogP contribution >= 0.6 is 15.6 Å². The summed E-state index contributed by atoms with van der Waals surface area (Å²) in [6.45, 7) is 2.59. The number of aliphatic hydroxyl groups excluding tert-OH is 2. The van der Waals surface area contributed by atoms with Gasteiger partial charge in [0, 0.05) is 19.3 Å². The molecule has 0 aliphatic heterocycles. The van der Waals surface area contributed by atoms with Gasteiger partial charge < -0.3 is 34.2 Å². The highest BCUT2D eigenvalue weighted by molar-refractivity contribution is 7.47. The van der Waals surface area contributed by atoms with E-state index in [1.807, 2.05) is 0 Å². The molecule has 0 radical (unpaired) electrons. The number of unbranched alkanes of at least 4 members (excludes halogenated alkanes) is 34. The zero-order valence-electron chi connectivity index (χ0n) is 57.5. The van der Waals surface area contributed by atoms with Gasteiger partial charge in [-0.1, -0.05) is 280 Å². The fourth-order valence-corrected chi connectivity index (χ4v) is 11.4. The van der Waals surface area contributed by atoms with Gasteiger partial charge in [-0.15, -0.1) is 0 Å². The number of aliphatic hydroxyl groups is 2. The maximum atomic E-state index is 12.9. The van der Waals surface area contributed by atoms with E-state index in [1.54, 1.807) is 0 Å². The molecule has 0 aromatic heterocycles. The third-order valence-corrected chi connectivity index (χ3v) is 17.3. The van der Waals surface area contributed by atoms with Crippen molar-refractivity contribution in [2.75, 3.05) is 39.6 Å². The molecular formula is C73H132O16P2. The fourth-order valence-electron chi connectivity index (χ4n) is 9.83. The fraction of sp³-hybridized carbons (Fsp3) is 0.795. The predicted octanol–water partition coefficient (Wildman–Crippen LogP) is 20.3. The molecule has 0 aromatic carbocycles. The highest BCUT2D eigenvalue weighted by atomic mass is 31.2. The third-order valence-electron chi connectivity index (χ3n) is 15.4. The van der Waals surface area contributed by atoms with Crippen molar-refractivity contribution in [3.8, 4) is 0 Å². The van der Waals surface area contributed by atoms with Gasteiger partial charge in [-0.3, -0.25) is 32.5 Å². The highest BCUT2D eigenvalue weighted by Gasteiger charge is 2.29. The van der Waals surface area contributed by atoms with Gasteiger partial charge in [-0.25, -0.2) is 9.13 Å². The minimum absolute atomic E-state index is 0.0921. The number of esters is 3. The molecule has 0 rings (SSSR count). The Bertz CT molecular complexity index is 1950. The first kappa shape index (κ1) is 88.0. The van der Waals surface area contributed by atoms with Gasteiger partial charge >= 0.3 is 33.6 Å². The standard InChI is InChI=1S/C73H132O16P2/c1-4-7-10-13-16-19-22-25-27-28-29-30-31-32-33-34-35-36-37-38-40-43-44-47-50-53-56-59-71(76)83-62-68(74)63-85-90(79,80)86-64-69(75)65-87-91(81,82)88-67-70(89-73(78)61-58-55-52-49-46-41-24-21-18-15-12-9-6-3)66-84-72(77)60-57-54-51-48-45-42-39-26-23-20-17-14-11-8-5-2/h12,15-16,19,21,24-25,27,29-30,32-33,68-70,74-75H,4-11,13-14,17-18,20,22-23,26,28,31,34-67H2,1-3H3,(H,79,80)(H,81,82)/b15-12-,19-16-,24-21-,27-25-,30-29-,33-32-. The maximum absolute atomic E-state index is 12.9. The summed E-state index contributed by atoms with van der Waals surface area (Å²) in [5.74, 6) is -1.58. The number of carbonyl (C=O) groups excluding carboxylic acids is 3. The molecule has 0 amide bonds. The molecular weight excluding hydrogens is 1190 g/mol. The van der Waals surface area contributed by atoms with E-state index >= 15 is 0 Å². The van der Waals surface area contributed by atoms with E-state index in [-0.39, 0.29) is 19.3 Å². The first-order valence-electron chi connectivity index (χ1n) is 36.2. The van der Waals surface area contributed by atoms with Crippen LogP contribution in [0.1, 0.15) is 316 Å². The lowest BCUT2D eigenvalue weighted by Gasteiger charge is -2.21. The van der Waals surface area contributed by atoms with E-state index in [9.17, 15) is 43.5 Å². The largest absolute Gasteiger partial charge is 0.472 e. The summed E-state index contributed by atoms with van der Waals surface area (Å²) in [5, 5.41) is 20.6. The number of phosphoric ester groups is 2. The van der Waals surface area contributed by atoms with Crippen molar-refractivity contribution in [1.82, 2.24) is 0 Å². The number of rotatable bonds is 69. The van der Waals surface area contributed by atoms with Crippen LogP contribution in [0.2, 0.25) is 0 Å². The third kappa shape index (κ3) is 68.2. The molecule has 5 atom stereocenters. The van der Waals surface area contributed by atoms with E-state index in [0.29, 0.717) is 19.3 Å². The van der Waals surface area contributed by atoms with E-state index in [4.69, 9.17) is 32.3 Å². The van der Waals surface area contributed by atoms with Crippen molar-refractivity contribution < 1.29 is 75.8 Å². The summed E-state index contributed by atoms with van der Waals surface area (Å²) >= 11 is 0. The van der Waals surface area contributed by atoms with Crippen molar-refractivity contribution >= 4 is 33.6 Å². The van der Waals surface area contributed by atoms with Crippen LogP contribution < -0.4 is 0 Å². The minimum Gasteiger partial charge on any atom is -0.463 e. The molecule has 0 saturated heterocycles. The molecule has 0 aromatic rings. The van der Waals surface area contributed by atoms with Crippen LogP contribution in [0.15, 0.2) is 72.9 Å². The normalized spacial score (nSPS) is 14.6. The van der Waals surface area contributed by atoms with Crippen molar-refractivity contribution in [2.45, 2.75) is 334 Å². The van der Waals surface area contributed by atoms with Crippen LogP contribution in [0.4, 0.5) is 0 Å². The van der Waals surface area contributed by atoms with Gasteiger partial charge in [0.2, 0.25) is 0 Å². The molecule has 530 valence electrons. The second-order valence-corrected chi connectivity index (χ2v) is 27.3. The van der Waals surface area contributed by atoms with E-state index in [2.05, 4.69) is 93.7 Å². The number of ether oxygens (including phenoxy) is 3. The zero-order valence-corrected chi connectivity index (χ0v) is 59.3. The molecule has 18 heteroatoms. The van der Waals surface area contributed by atoms with Gasteiger partial charge in [0.1, 0.15) is 25.4 Å². The Balaban J connectivity index is 4.47. The quantitative estimate of drug-likeness (QED) is 0.0146. The molecule has 0 heterocycles. The first-order chi connectivity index (χ1) is 44.2.